The van der Waals surface area contributed by atoms with Gasteiger partial charge in [-0.15, -0.1) is 0 Å². The van der Waals surface area contributed by atoms with Crippen LogP contribution < -0.4 is 19.1 Å². The summed E-state index contributed by atoms with van der Waals surface area (Å²) in [5.41, 5.74) is 0.200. The van der Waals surface area contributed by atoms with Crippen molar-refractivity contribution in [1.29, 1.82) is 0 Å². The Morgan fingerprint density at radius 3 is 2.48 bits per heavy atom. The SMILES string of the molecule is O=[N+]([O-])c1cn2c(n1)O[C@@H](COc1ccc(N3CCC(CCOc4ccc(Cl)c(C(F)(F)F)c4)CC3)cc1)CC2. The fraction of sp³-hybridized carbons (Fsp3) is 0.444. The lowest BCUT2D eigenvalue weighted by Gasteiger charge is -2.33. The van der Waals surface area contributed by atoms with Crippen LogP contribution in [0.2, 0.25) is 5.02 Å². The minimum Gasteiger partial charge on any atom is -0.494 e. The van der Waals surface area contributed by atoms with Gasteiger partial charge in [0.05, 0.1) is 17.2 Å². The number of nitrogens with zero attached hydrogens (tertiary/aromatic N) is 4. The highest BCUT2D eigenvalue weighted by molar-refractivity contribution is 6.31. The number of piperidine rings is 1. The van der Waals surface area contributed by atoms with E-state index < -0.39 is 16.7 Å². The molecule has 0 N–H and O–H groups in total. The number of halogens is 4. The maximum atomic E-state index is 13.0. The topological polar surface area (TPSA) is 91.9 Å². The Bertz CT molecular complexity index is 1330. The summed E-state index contributed by atoms with van der Waals surface area (Å²) < 4.78 is 58.0. The molecule has 0 aliphatic carbocycles. The number of benzene rings is 2. The van der Waals surface area contributed by atoms with Crippen molar-refractivity contribution in [2.75, 3.05) is 31.2 Å². The molecule has 0 amide bonds. The Kier molecular flexibility index (Phi) is 8.24. The van der Waals surface area contributed by atoms with E-state index in [0.29, 0.717) is 37.8 Å². The first-order valence-corrected chi connectivity index (χ1v) is 13.4. The minimum absolute atomic E-state index is 0.168. The number of ether oxygens (including phenoxy) is 3. The number of nitro groups is 1. The zero-order valence-electron chi connectivity index (χ0n) is 21.5. The van der Waals surface area contributed by atoms with Gasteiger partial charge in [0.15, 0.2) is 0 Å². The van der Waals surface area contributed by atoms with Gasteiger partial charge in [0, 0.05) is 36.7 Å². The number of aromatic nitrogens is 2. The van der Waals surface area contributed by atoms with Crippen molar-refractivity contribution in [2.45, 2.75) is 44.5 Å². The second kappa shape index (κ2) is 11.8. The Morgan fingerprint density at radius 2 is 1.77 bits per heavy atom. The van der Waals surface area contributed by atoms with E-state index in [4.69, 9.17) is 25.8 Å². The highest BCUT2D eigenvalue weighted by Crippen LogP contribution is 2.37. The fourth-order valence-corrected chi connectivity index (χ4v) is 5.14. The van der Waals surface area contributed by atoms with Gasteiger partial charge in [-0.05, 0) is 72.6 Å². The first-order chi connectivity index (χ1) is 19.2. The van der Waals surface area contributed by atoms with Gasteiger partial charge in [0.2, 0.25) is 0 Å². The van der Waals surface area contributed by atoms with Gasteiger partial charge in [-0.1, -0.05) is 11.6 Å². The van der Waals surface area contributed by atoms with E-state index in [-0.39, 0.29) is 28.7 Å². The molecule has 0 unspecified atom stereocenters. The molecule has 13 heteroatoms. The van der Waals surface area contributed by atoms with E-state index in [9.17, 15) is 23.3 Å². The van der Waals surface area contributed by atoms with E-state index in [1.807, 2.05) is 24.3 Å². The van der Waals surface area contributed by atoms with Crippen LogP contribution in [0.25, 0.3) is 0 Å². The molecule has 0 bridgehead atoms. The lowest BCUT2D eigenvalue weighted by Crippen LogP contribution is -2.34. The predicted molar refractivity (Wildman–Crippen MR) is 141 cm³/mol. The van der Waals surface area contributed by atoms with Gasteiger partial charge in [0.25, 0.3) is 0 Å². The highest BCUT2D eigenvalue weighted by atomic mass is 35.5. The zero-order valence-corrected chi connectivity index (χ0v) is 22.2. The van der Waals surface area contributed by atoms with Crippen molar-refractivity contribution >= 4 is 23.1 Å². The fourth-order valence-electron chi connectivity index (χ4n) is 4.91. The van der Waals surface area contributed by atoms with E-state index in [1.165, 1.54) is 18.3 Å². The summed E-state index contributed by atoms with van der Waals surface area (Å²) in [6.07, 6.45) is -0.0431. The van der Waals surface area contributed by atoms with Gasteiger partial charge in [-0.3, -0.25) is 4.57 Å². The van der Waals surface area contributed by atoms with Crippen molar-refractivity contribution in [3.63, 3.8) is 0 Å². The molecule has 0 saturated carbocycles. The molecule has 40 heavy (non-hydrogen) atoms. The monoisotopic (exact) mass is 580 g/mol. The van der Waals surface area contributed by atoms with Crippen molar-refractivity contribution in [3.05, 3.63) is 69.4 Å². The second-order valence-electron chi connectivity index (χ2n) is 9.87. The lowest BCUT2D eigenvalue weighted by molar-refractivity contribution is -0.389. The summed E-state index contributed by atoms with van der Waals surface area (Å²) in [5.74, 6) is 1.07. The minimum atomic E-state index is -4.52. The van der Waals surface area contributed by atoms with Crippen LogP contribution in [-0.4, -0.2) is 46.9 Å². The number of imidazole rings is 1. The Hall–Kier alpha value is -3.67. The molecule has 1 saturated heterocycles. The van der Waals surface area contributed by atoms with Crippen LogP contribution >= 0.6 is 11.6 Å². The molecule has 0 spiro atoms. The molecule has 214 valence electrons. The quantitative estimate of drug-likeness (QED) is 0.214. The molecule has 0 radical (unpaired) electrons. The highest BCUT2D eigenvalue weighted by Gasteiger charge is 2.33. The van der Waals surface area contributed by atoms with E-state index in [0.717, 1.165) is 44.1 Å². The number of anilines is 1. The molecular weight excluding hydrogens is 553 g/mol. The van der Waals surface area contributed by atoms with Crippen LogP contribution in [0, 0.1) is 16.0 Å². The maximum absolute atomic E-state index is 13.0. The molecule has 3 heterocycles. The first kappa shape index (κ1) is 27.9. The molecule has 1 aromatic heterocycles. The zero-order chi connectivity index (χ0) is 28.3. The summed E-state index contributed by atoms with van der Waals surface area (Å²) >= 11 is 5.67. The maximum Gasteiger partial charge on any atom is 0.417 e. The van der Waals surface area contributed by atoms with Crippen LogP contribution in [0.15, 0.2) is 48.7 Å². The third-order valence-corrected chi connectivity index (χ3v) is 7.50. The molecule has 5 rings (SSSR count). The molecule has 9 nitrogen and oxygen atoms in total. The lowest BCUT2D eigenvalue weighted by atomic mass is 9.93. The molecule has 1 atom stereocenters. The molecule has 2 aliphatic rings. The Balaban J connectivity index is 1.03. The van der Waals surface area contributed by atoms with Crippen LogP contribution in [0.5, 0.6) is 17.5 Å². The largest absolute Gasteiger partial charge is 0.494 e. The molecule has 1 fully saturated rings. The normalized spacial score (nSPS) is 17.7. The van der Waals surface area contributed by atoms with E-state index >= 15 is 0 Å². The van der Waals surface area contributed by atoms with E-state index in [2.05, 4.69) is 9.88 Å². The third-order valence-electron chi connectivity index (χ3n) is 7.17. The van der Waals surface area contributed by atoms with Crippen molar-refractivity contribution in [3.8, 4) is 17.5 Å². The van der Waals surface area contributed by atoms with E-state index in [1.54, 1.807) is 4.57 Å². The molecule has 2 aliphatic heterocycles. The van der Waals surface area contributed by atoms with Crippen LogP contribution in [0.3, 0.4) is 0 Å². The number of fused-ring (bicyclic) bond motifs is 1. The van der Waals surface area contributed by atoms with Crippen LogP contribution in [-0.2, 0) is 12.7 Å². The average molecular weight is 581 g/mol. The predicted octanol–water partition coefficient (Wildman–Crippen LogP) is 6.38. The first-order valence-electron chi connectivity index (χ1n) is 13.0. The molecular formula is C27H28ClF3N4O5. The van der Waals surface area contributed by atoms with Gasteiger partial charge in [-0.25, -0.2) is 0 Å². The van der Waals surface area contributed by atoms with Gasteiger partial charge in [-0.2, -0.15) is 13.2 Å². The molecule has 2 aromatic carbocycles. The Morgan fingerprint density at radius 1 is 1.05 bits per heavy atom. The molecule has 3 aromatic rings. The van der Waals surface area contributed by atoms with Crippen LogP contribution in [0.4, 0.5) is 24.7 Å². The summed E-state index contributed by atoms with van der Waals surface area (Å²) in [7, 11) is 0. The average Bonchev–Trinajstić information content (AvgIpc) is 3.37. The summed E-state index contributed by atoms with van der Waals surface area (Å²) in [6.45, 7) is 2.98. The van der Waals surface area contributed by atoms with Gasteiger partial charge < -0.3 is 29.2 Å². The van der Waals surface area contributed by atoms with Crippen molar-refractivity contribution in [2.24, 2.45) is 5.92 Å². The number of aryl methyl sites for hydroxylation is 1. The third kappa shape index (κ3) is 6.72. The second-order valence-corrected chi connectivity index (χ2v) is 10.3. The summed E-state index contributed by atoms with van der Waals surface area (Å²) in [6, 6.07) is 11.7. The van der Waals surface area contributed by atoms with Crippen LogP contribution in [0.1, 0.15) is 31.2 Å². The smallest absolute Gasteiger partial charge is 0.417 e. The number of rotatable bonds is 9. The van der Waals surface area contributed by atoms with Crippen molar-refractivity contribution < 1.29 is 32.3 Å². The number of alkyl halides is 3. The number of hydrogen-bond donors (Lipinski definition) is 0. The Labute approximate surface area is 233 Å². The summed E-state index contributed by atoms with van der Waals surface area (Å²) in [5, 5.41) is 10.6. The van der Waals surface area contributed by atoms with Gasteiger partial charge >= 0.3 is 18.0 Å². The van der Waals surface area contributed by atoms with Gasteiger partial charge in [0.1, 0.15) is 30.4 Å². The standard InChI is InChI=1S/C27H28ClF3N4O5/c28-24-6-5-21(15-23(24)27(29,30)31)38-14-10-18-7-11-33(12-8-18)19-1-3-20(4-2-19)39-17-22-9-13-34-16-25(35(36)37)32-26(34)40-22/h1-6,15-16,18,22H,7-14,17H2/t22-/m1/s1. The number of hydrogen-bond acceptors (Lipinski definition) is 7. The summed E-state index contributed by atoms with van der Waals surface area (Å²) in [4.78, 5) is 16.6. The van der Waals surface area contributed by atoms with Crippen molar-refractivity contribution in [1.82, 2.24) is 9.55 Å².